The molecule has 0 radical (unpaired) electrons. The van der Waals surface area contributed by atoms with Crippen molar-refractivity contribution in [2.75, 3.05) is 12.4 Å². The second-order valence-electron chi connectivity index (χ2n) is 4.68. The average molecular weight is 280 g/mol. The third-order valence-corrected chi connectivity index (χ3v) is 2.86. The molecule has 1 aliphatic rings. The van der Waals surface area contributed by atoms with Gasteiger partial charge in [0.2, 0.25) is 0 Å². The fraction of sp³-hybridized carbons (Fsp3) is 0.333. The van der Waals surface area contributed by atoms with Crippen molar-refractivity contribution >= 4 is 23.3 Å². The van der Waals surface area contributed by atoms with Gasteiger partial charge in [0.1, 0.15) is 5.56 Å². The maximum Gasteiger partial charge on any atom is 0.344 e. The Labute approximate surface area is 113 Å². The van der Waals surface area contributed by atoms with Crippen LogP contribution in [0.5, 0.6) is 5.75 Å². The zero-order valence-electron chi connectivity index (χ0n) is 11.1. The largest absolute Gasteiger partial charge is 0.476 e. The van der Waals surface area contributed by atoms with Crippen molar-refractivity contribution in [3.63, 3.8) is 0 Å². The van der Waals surface area contributed by atoms with Gasteiger partial charge >= 0.3 is 5.97 Å². The van der Waals surface area contributed by atoms with Crippen molar-refractivity contribution in [2.24, 2.45) is 0 Å². The van der Waals surface area contributed by atoms with Gasteiger partial charge in [-0.05, 0) is 19.9 Å². The Hall–Kier alpha value is -2.64. The second kappa shape index (κ2) is 4.48. The molecule has 106 valence electrons. The molecule has 1 aliphatic heterocycles. The maximum absolute atomic E-state index is 11.8. The number of methoxy groups -OCH3 is 1. The van der Waals surface area contributed by atoms with E-state index < -0.39 is 28.1 Å². The van der Waals surface area contributed by atoms with Crippen LogP contribution in [0.4, 0.5) is 11.4 Å². The summed E-state index contributed by atoms with van der Waals surface area (Å²) in [5, 5.41) is 13.5. The highest BCUT2D eigenvalue weighted by atomic mass is 16.6. The molecule has 0 saturated carbocycles. The molecule has 0 bridgehead atoms. The molecule has 8 heteroatoms. The van der Waals surface area contributed by atoms with Crippen LogP contribution in [-0.2, 0) is 9.53 Å². The lowest BCUT2D eigenvalue weighted by molar-refractivity contribution is -0.385. The Kier molecular flexibility index (Phi) is 3.09. The van der Waals surface area contributed by atoms with Gasteiger partial charge < -0.3 is 14.8 Å². The monoisotopic (exact) mass is 280 g/mol. The summed E-state index contributed by atoms with van der Waals surface area (Å²) in [4.78, 5) is 33.6. The van der Waals surface area contributed by atoms with Crippen LogP contribution >= 0.6 is 0 Å². The number of carbonyl (C=O) groups excluding carboxylic acids is 2. The number of carbonyl (C=O) groups is 2. The van der Waals surface area contributed by atoms with E-state index in [-0.39, 0.29) is 17.0 Å². The van der Waals surface area contributed by atoms with E-state index in [2.05, 4.69) is 10.1 Å². The van der Waals surface area contributed by atoms with Crippen LogP contribution in [0.15, 0.2) is 12.1 Å². The molecule has 2 rings (SSSR count). The summed E-state index contributed by atoms with van der Waals surface area (Å²) >= 11 is 0. The molecule has 0 saturated heterocycles. The van der Waals surface area contributed by atoms with Crippen molar-refractivity contribution in [3.8, 4) is 5.75 Å². The van der Waals surface area contributed by atoms with E-state index in [1.807, 2.05) is 0 Å². The normalized spacial score (nSPS) is 15.7. The molecule has 0 aromatic heterocycles. The number of ether oxygens (including phenoxy) is 2. The Morgan fingerprint density at radius 2 is 2.10 bits per heavy atom. The summed E-state index contributed by atoms with van der Waals surface area (Å²) in [6.45, 7) is 3.07. The first-order valence-corrected chi connectivity index (χ1v) is 5.67. The topological polar surface area (TPSA) is 108 Å². The summed E-state index contributed by atoms with van der Waals surface area (Å²) in [5.41, 5.74) is -1.64. The van der Waals surface area contributed by atoms with Crippen molar-refractivity contribution in [1.82, 2.24) is 0 Å². The quantitative estimate of drug-likeness (QED) is 0.499. The molecule has 1 N–H and O–H groups in total. The van der Waals surface area contributed by atoms with Gasteiger partial charge in [0.05, 0.1) is 23.8 Å². The van der Waals surface area contributed by atoms with Gasteiger partial charge in [-0.1, -0.05) is 0 Å². The number of benzene rings is 1. The zero-order chi connectivity index (χ0) is 15.1. The molecule has 8 nitrogen and oxygen atoms in total. The van der Waals surface area contributed by atoms with E-state index in [1.54, 1.807) is 0 Å². The first-order chi connectivity index (χ1) is 9.26. The SMILES string of the molecule is COC(=O)c1cc2c(cc1[N+](=O)[O-])OC(C)(C)C(=O)N2. The lowest BCUT2D eigenvalue weighted by Gasteiger charge is -2.31. The van der Waals surface area contributed by atoms with Crippen LogP contribution in [0.25, 0.3) is 0 Å². The van der Waals surface area contributed by atoms with E-state index >= 15 is 0 Å². The lowest BCUT2D eigenvalue weighted by Crippen LogP contribution is -2.45. The van der Waals surface area contributed by atoms with E-state index in [0.29, 0.717) is 0 Å². The van der Waals surface area contributed by atoms with Crippen molar-refractivity contribution in [2.45, 2.75) is 19.4 Å². The van der Waals surface area contributed by atoms with E-state index in [4.69, 9.17) is 4.74 Å². The first kappa shape index (κ1) is 13.8. The number of nitrogens with one attached hydrogen (secondary N) is 1. The minimum atomic E-state index is -1.15. The smallest absolute Gasteiger partial charge is 0.344 e. The molecule has 1 heterocycles. The van der Waals surface area contributed by atoms with Crippen molar-refractivity contribution < 1.29 is 24.0 Å². The maximum atomic E-state index is 11.8. The van der Waals surface area contributed by atoms with Gasteiger partial charge in [0.25, 0.3) is 11.6 Å². The molecule has 0 unspecified atom stereocenters. The minimum absolute atomic E-state index is 0.133. The number of rotatable bonds is 2. The molecule has 0 aliphatic carbocycles. The van der Waals surface area contributed by atoms with E-state index in [1.165, 1.54) is 19.9 Å². The van der Waals surface area contributed by atoms with Gasteiger partial charge in [0, 0.05) is 0 Å². The minimum Gasteiger partial charge on any atom is -0.476 e. The number of anilines is 1. The third kappa shape index (κ3) is 2.15. The molecular formula is C12H12N2O6. The number of fused-ring (bicyclic) bond motifs is 1. The summed E-state index contributed by atoms with van der Waals surface area (Å²) in [6, 6.07) is 2.27. The van der Waals surface area contributed by atoms with Gasteiger partial charge in [-0.3, -0.25) is 14.9 Å². The average Bonchev–Trinajstić information content (AvgIpc) is 2.37. The van der Waals surface area contributed by atoms with Crippen LogP contribution in [-0.4, -0.2) is 29.5 Å². The number of nitro groups is 1. The molecule has 0 fully saturated rings. The first-order valence-electron chi connectivity index (χ1n) is 5.67. The Morgan fingerprint density at radius 3 is 2.65 bits per heavy atom. The highest BCUT2D eigenvalue weighted by Gasteiger charge is 2.37. The zero-order valence-corrected chi connectivity index (χ0v) is 11.1. The molecule has 1 aromatic carbocycles. The van der Waals surface area contributed by atoms with Crippen molar-refractivity contribution in [3.05, 3.63) is 27.8 Å². The standard InChI is InChI=1S/C12H12N2O6/c1-12(2)11(16)13-7-4-6(10(15)19-3)8(14(17)18)5-9(7)20-12/h4-5H,1-3H3,(H,13,16). The van der Waals surface area contributed by atoms with Gasteiger partial charge in [-0.25, -0.2) is 4.79 Å². The van der Waals surface area contributed by atoms with Gasteiger partial charge in [-0.2, -0.15) is 0 Å². The van der Waals surface area contributed by atoms with Gasteiger partial charge in [-0.15, -0.1) is 0 Å². The number of hydrogen-bond donors (Lipinski definition) is 1. The number of hydrogen-bond acceptors (Lipinski definition) is 6. The fourth-order valence-electron chi connectivity index (χ4n) is 1.77. The summed E-state index contributed by atoms with van der Waals surface area (Å²) in [5.74, 6) is -1.14. The highest BCUT2D eigenvalue weighted by molar-refractivity contribution is 6.03. The molecule has 1 aromatic rings. The molecular weight excluding hydrogens is 268 g/mol. The van der Waals surface area contributed by atoms with Crippen molar-refractivity contribution in [1.29, 1.82) is 0 Å². The van der Waals surface area contributed by atoms with Gasteiger partial charge in [0.15, 0.2) is 11.4 Å². The second-order valence-corrected chi connectivity index (χ2v) is 4.68. The third-order valence-electron chi connectivity index (χ3n) is 2.86. The number of esters is 1. The molecule has 0 spiro atoms. The van der Waals surface area contributed by atoms with Crippen LogP contribution in [0.3, 0.4) is 0 Å². The van der Waals surface area contributed by atoms with E-state index in [0.717, 1.165) is 13.2 Å². The molecule has 1 amide bonds. The number of nitrogens with zero attached hydrogens (tertiary/aromatic N) is 1. The Morgan fingerprint density at radius 1 is 1.45 bits per heavy atom. The summed E-state index contributed by atoms with van der Waals surface area (Å²) in [7, 11) is 1.11. The summed E-state index contributed by atoms with van der Waals surface area (Å²) < 4.78 is 9.91. The van der Waals surface area contributed by atoms with Crippen LogP contribution in [0.1, 0.15) is 24.2 Å². The number of nitro benzene ring substituents is 1. The highest BCUT2D eigenvalue weighted by Crippen LogP contribution is 2.38. The molecule has 0 atom stereocenters. The van der Waals surface area contributed by atoms with Crippen LogP contribution in [0, 0.1) is 10.1 Å². The van der Waals surface area contributed by atoms with E-state index in [9.17, 15) is 19.7 Å². The Balaban J connectivity index is 2.60. The summed E-state index contributed by atoms with van der Waals surface area (Å²) in [6.07, 6.45) is 0. The fourth-order valence-corrected chi connectivity index (χ4v) is 1.77. The number of amides is 1. The Bertz CT molecular complexity index is 623. The predicted molar refractivity (Wildman–Crippen MR) is 67.8 cm³/mol. The molecule has 20 heavy (non-hydrogen) atoms. The van der Waals surface area contributed by atoms with Crippen LogP contribution in [0.2, 0.25) is 0 Å². The lowest BCUT2D eigenvalue weighted by atomic mass is 10.0. The van der Waals surface area contributed by atoms with Crippen LogP contribution < -0.4 is 10.1 Å². The predicted octanol–water partition coefficient (Wildman–Crippen LogP) is 1.49.